The number of ketones is 1. The summed E-state index contributed by atoms with van der Waals surface area (Å²) in [5.74, 6) is -0.0550. The second-order valence-electron chi connectivity index (χ2n) is 7.60. The minimum absolute atomic E-state index is 0.0547. The first-order chi connectivity index (χ1) is 14.3. The second kappa shape index (κ2) is 7.61. The van der Waals surface area contributed by atoms with Crippen molar-refractivity contribution in [2.24, 2.45) is 14.1 Å². The van der Waals surface area contributed by atoms with Crippen molar-refractivity contribution in [3.63, 3.8) is 0 Å². The molecule has 0 atom stereocenters. The summed E-state index contributed by atoms with van der Waals surface area (Å²) in [5, 5.41) is 1.89. The van der Waals surface area contributed by atoms with Crippen molar-refractivity contribution in [3.05, 3.63) is 81.2 Å². The van der Waals surface area contributed by atoms with Crippen LogP contribution in [0, 0.1) is 0 Å². The van der Waals surface area contributed by atoms with Gasteiger partial charge < -0.3 is 9.47 Å². The van der Waals surface area contributed by atoms with Crippen LogP contribution < -0.4 is 5.56 Å². The first-order valence-electron chi connectivity index (χ1n) is 9.55. The maximum Gasteiger partial charge on any atom is 0.259 e. The summed E-state index contributed by atoms with van der Waals surface area (Å²) in [6, 6.07) is 15.3. The Hall–Kier alpha value is -3.12. The molecule has 5 nitrogen and oxygen atoms in total. The van der Waals surface area contributed by atoms with Gasteiger partial charge in [-0.15, -0.1) is 0 Å². The van der Waals surface area contributed by atoms with E-state index in [2.05, 4.69) is 15.9 Å². The minimum atomic E-state index is -0.0550. The van der Waals surface area contributed by atoms with Crippen LogP contribution in [0.15, 0.2) is 70.1 Å². The number of rotatable bonds is 4. The Balaban J connectivity index is 1.98. The maximum atomic E-state index is 13.1. The fourth-order valence-electron chi connectivity index (χ4n) is 3.79. The largest absolute Gasteiger partial charge is 0.383 e. The molecule has 4 rings (SSSR count). The summed E-state index contributed by atoms with van der Waals surface area (Å²) in [5.41, 5.74) is 3.85. The van der Waals surface area contributed by atoms with Gasteiger partial charge in [0, 0.05) is 66.8 Å². The molecule has 0 aliphatic carbocycles. The third-order valence-corrected chi connectivity index (χ3v) is 5.84. The molecule has 2 aromatic heterocycles. The van der Waals surface area contributed by atoms with E-state index < -0.39 is 0 Å². The Morgan fingerprint density at radius 2 is 1.67 bits per heavy atom. The van der Waals surface area contributed by atoms with Crippen molar-refractivity contribution >= 4 is 43.6 Å². The number of allylic oxidation sites excluding steroid dienone is 1. The molecule has 0 N–H and O–H groups in total. The number of aromatic nitrogens is 2. The molecule has 0 radical (unpaired) electrons. The first-order valence-corrected chi connectivity index (χ1v) is 10.3. The van der Waals surface area contributed by atoms with E-state index in [0.717, 1.165) is 32.0 Å². The molecule has 0 saturated heterocycles. The van der Waals surface area contributed by atoms with E-state index in [1.165, 1.54) is 0 Å². The monoisotopic (exact) mass is 463 g/mol. The molecule has 152 valence electrons. The fraction of sp³-hybridized carbons (Fsp3) is 0.167. The molecule has 2 heterocycles. The van der Waals surface area contributed by atoms with Gasteiger partial charge in [-0.2, -0.15) is 0 Å². The number of aryl methyl sites for hydroxylation is 2. The Morgan fingerprint density at radius 3 is 2.33 bits per heavy atom. The molecule has 0 spiro atoms. The number of hydrogen-bond donors (Lipinski definition) is 0. The standard InChI is InChI=1S/C24H22BrN3O2/c1-26(2)12-11-22(29)16-7-10-21-19(13-16)20-14-18(15-5-8-17(25)9-6-15)24(30)28(4)23(20)27(21)3/h5-14H,1-4H3/b12-11+. The summed E-state index contributed by atoms with van der Waals surface area (Å²) >= 11 is 3.44. The van der Waals surface area contributed by atoms with E-state index in [-0.39, 0.29) is 11.3 Å². The molecular formula is C24H22BrN3O2. The lowest BCUT2D eigenvalue weighted by Gasteiger charge is -2.08. The van der Waals surface area contributed by atoms with E-state index >= 15 is 0 Å². The van der Waals surface area contributed by atoms with Crippen LogP contribution in [0.5, 0.6) is 0 Å². The highest BCUT2D eigenvalue weighted by Gasteiger charge is 2.17. The highest BCUT2D eigenvalue weighted by atomic mass is 79.9. The highest BCUT2D eigenvalue weighted by Crippen LogP contribution is 2.31. The van der Waals surface area contributed by atoms with Crippen LogP contribution in [0.2, 0.25) is 0 Å². The SMILES string of the molecule is CN(C)/C=C/C(=O)c1ccc2c(c1)c1cc(-c3ccc(Br)cc3)c(=O)n(C)c1n2C. The molecule has 0 aliphatic heterocycles. The van der Waals surface area contributed by atoms with Gasteiger partial charge in [0.25, 0.3) is 5.56 Å². The zero-order valence-electron chi connectivity index (χ0n) is 17.3. The molecule has 0 amide bonds. The molecule has 6 heteroatoms. The van der Waals surface area contributed by atoms with Crippen LogP contribution in [0.4, 0.5) is 0 Å². The maximum absolute atomic E-state index is 13.1. The normalized spacial score (nSPS) is 11.6. The highest BCUT2D eigenvalue weighted by molar-refractivity contribution is 9.10. The van der Waals surface area contributed by atoms with Gasteiger partial charge in [-0.1, -0.05) is 28.1 Å². The van der Waals surface area contributed by atoms with E-state index in [4.69, 9.17) is 0 Å². The number of halogens is 1. The Labute approximate surface area is 183 Å². The van der Waals surface area contributed by atoms with Gasteiger partial charge in [-0.3, -0.25) is 14.2 Å². The third kappa shape index (κ3) is 3.37. The quantitative estimate of drug-likeness (QED) is 0.325. The average Bonchev–Trinajstić information content (AvgIpc) is 3.01. The summed E-state index contributed by atoms with van der Waals surface area (Å²) < 4.78 is 4.64. The average molecular weight is 464 g/mol. The summed E-state index contributed by atoms with van der Waals surface area (Å²) in [7, 11) is 7.48. The van der Waals surface area contributed by atoms with Gasteiger partial charge >= 0.3 is 0 Å². The zero-order valence-corrected chi connectivity index (χ0v) is 18.9. The van der Waals surface area contributed by atoms with Crippen molar-refractivity contribution in [1.82, 2.24) is 14.0 Å². The number of pyridine rings is 1. The van der Waals surface area contributed by atoms with Crippen molar-refractivity contribution in [2.45, 2.75) is 0 Å². The van der Waals surface area contributed by atoms with E-state index in [9.17, 15) is 9.59 Å². The van der Waals surface area contributed by atoms with Crippen molar-refractivity contribution in [1.29, 1.82) is 0 Å². The fourth-order valence-corrected chi connectivity index (χ4v) is 4.06. The molecular weight excluding hydrogens is 442 g/mol. The Kier molecular flexibility index (Phi) is 5.12. The molecule has 0 aliphatic rings. The molecule has 30 heavy (non-hydrogen) atoms. The number of nitrogens with zero attached hydrogens (tertiary/aromatic N) is 3. The van der Waals surface area contributed by atoms with Crippen LogP contribution in [-0.2, 0) is 14.1 Å². The Bertz CT molecular complexity index is 1380. The number of benzene rings is 2. The number of carbonyl (C=O) groups is 1. The van der Waals surface area contributed by atoms with Gasteiger partial charge in [-0.05, 0) is 42.0 Å². The molecule has 0 unspecified atom stereocenters. The van der Waals surface area contributed by atoms with E-state index in [1.54, 1.807) is 23.9 Å². The lowest BCUT2D eigenvalue weighted by Crippen LogP contribution is -2.20. The van der Waals surface area contributed by atoms with Gasteiger partial charge in [0.2, 0.25) is 0 Å². The van der Waals surface area contributed by atoms with Gasteiger partial charge in [-0.25, -0.2) is 0 Å². The topological polar surface area (TPSA) is 47.2 Å². The van der Waals surface area contributed by atoms with Crippen LogP contribution >= 0.6 is 15.9 Å². The Morgan fingerprint density at radius 1 is 0.967 bits per heavy atom. The zero-order chi connectivity index (χ0) is 21.6. The van der Waals surface area contributed by atoms with Crippen LogP contribution in [0.25, 0.3) is 33.1 Å². The third-order valence-electron chi connectivity index (χ3n) is 5.31. The van der Waals surface area contributed by atoms with Crippen LogP contribution in [0.1, 0.15) is 10.4 Å². The predicted octanol–water partition coefficient (Wildman–Crippen LogP) is 4.72. The summed E-state index contributed by atoms with van der Waals surface area (Å²) in [6.45, 7) is 0. The first kappa shape index (κ1) is 20.2. The lowest BCUT2D eigenvalue weighted by atomic mass is 10.0. The molecule has 0 fully saturated rings. The summed E-state index contributed by atoms with van der Waals surface area (Å²) in [6.07, 6.45) is 3.31. The lowest BCUT2D eigenvalue weighted by molar-refractivity contribution is 0.104. The number of fused-ring (bicyclic) bond motifs is 3. The minimum Gasteiger partial charge on any atom is -0.383 e. The van der Waals surface area contributed by atoms with Crippen molar-refractivity contribution in [3.8, 4) is 11.1 Å². The van der Waals surface area contributed by atoms with Gasteiger partial charge in [0.15, 0.2) is 5.78 Å². The molecule has 4 aromatic rings. The number of hydrogen-bond acceptors (Lipinski definition) is 3. The number of carbonyl (C=O) groups excluding carboxylic acids is 1. The molecule has 2 aromatic carbocycles. The van der Waals surface area contributed by atoms with Crippen molar-refractivity contribution < 1.29 is 4.79 Å². The predicted molar refractivity (Wildman–Crippen MR) is 126 cm³/mol. The van der Waals surface area contributed by atoms with E-state index in [1.807, 2.05) is 79.1 Å². The van der Waals surface area contributed by atoms with Gasteiger partial charge in [0.1, 0.15) is 5.65 Å². The smallest absolute Gasteiger partial charge is 0.259 e. The second-order valence-corrected chi connectivity index (χ2v) is 8.52. The van der Waals surface area contributed by atoms with Crippen molar-refractivity contribution in [2.75, 3.05) is 14.1 Å². The van der Waals surface area contributed by atoms with E-state index in [0.29, 0.717) is 11.1 Å². The molecule has 0 bridgehead atoms. The summed E-state index contributed by atoms with van der Waals surface area (Å²) in [4.78, 5) is 27.5. The van der Waals surface area contributed by atoms with Crippen LogP contribution in [-0.4, -0.2) is 33.9 Å². The molecule has 0 saturated carbocycles. The van der Waals surface area contributed by atoms with Gasteiger partial charge in [0.05, 0.1) is 5.52 Å². The van der Waals surface area contributed by atoms with Crippen LogP contribution in [0.3, 0.4) is 0 Å².